The topological polar surface area (TPSA) is 26.0 Å². The highest BCUT2D eigenvalue weighted by atomic mass is 32.1. The predicted octanol–water partition coefficient (Wildman–Crippen LogP) is 2.59. The highest BCUT2D eigenvalue weighted by molar-refractivity contribution is 7.10. The molecule has 2 N–H and O–H groups in total. The summed E-state index contributed by atoms with van der Waals surface area (Å²) in [6, 6.07) is 4.40. The molecule has 1 heterocycles. The SMILES string of the molecule is NCCC(c1cccs1)C1CC1. The molecule has 2 heteroatoms. The lowest BCUT2D eigenvalue weighted by molar-refractivity contribution is 0.574. The average molecular weight is 181 g/mol. The van der Waals surface area contributed by atoms with Crippen molar-refractivity contribution >= 4 is 11.3 Å². The monoisotopic (exact) mass is 181 g/mol. The largest absolute Gasteiger partial charge is 0.330 e. The summed E-state index contributed by atoms with van der Waals surface area (Å²) in [6.45, 7) is 0.832. The van der Waals surface area contributed by atoms with Gasteiger partial charge < -0.3 is 5.73 Å². The van der Waals surface area contributed by atoms with Gasteiger partial charge in [-0.05, 0) is 49.1 Å². The molecule has 66 valence electrons. The maximum absolute atomic E-state index is 5.61. The first kappa shape index (κ1) is 8.27. The first-order valence-electron chi connectivity index (χ1n) is 4.65. The Morgan fingerprint density at radius 2 is 2.42 bits per heavy atom. The van der Waals surface area contributed by atoms with E-state index in [2.05, 4.69) is 17.5 Å². The minimum absolute atomic E-state index is 0.773. The number of thiophene rings is 1. The zero-order chi connectivity index (χ0) is 8.39. The molecule has 0 aromatic carbocycles. The van der Waals surface area contributed by atoms with E-state index in [1.165, 1.54) is 19.3 Å². The van der Waals surface area contributed by atoms with E-state index in [0.29, 0.717) is 0 Å². The molecule has 1 aliphatic rings. The van der Waals surface area contributed by atoms with Crippen LogP contribution >= 0.6 is 11.3 Å². The zero-order valence-electron chi connectivity index (χ0n) is 7.20. The van der Waals surface area contributed by atoms with Gasteiger partial charge in [0, 0.05) is 4.88 Å². The summed E-state index contributed by atoms with van der Waals surface area (Å²) >= 11 is 1.88. The van der Waals surface area contributed by atoms with Crippen LogP contribution in [0.2, 0.25) is 0 Å². The van der Waals surface area contributed by atoms with Crippen molar-refractivity contribution in [3.05, 3.63) is 22.4 Å². The number of hydrogen-bond donors (Lipinski definition) is 1. The van der Waals surface area contributed by atoms with E-state index in [0.717, 1.165) is 18.4 Å². The van der Waals surface area contributed by atoms with Gasteiger partial charge in [0.2, 0.25) is 0 Å². The Bertz CT molecular complexity index is 226. The second kappa shape index (κ2) is 3.58. The minimum atomic E-state index is 0.773. The second-order valence-electron chi connectivity index (χ2n) is 3.54. The third kappa shape index (κ3) is 1.70. The third-order valence-corrected chi connectivity index (χ3v) is 3.58. The van der Waals surface area contributed by atoms with Crippen molar-refractivity contribution in [1.82, 2.24) is 0 Å². The first-order valence-corrected chi connectivity index (χ1v) is 5.53. The summed E-state index contributed by atoms with van der Waals surface area (Å²) in [5, 5.41) is 2.17. The fourth-order valence-electron chi connectivity index (χ4n) is 1.79. The molecule has 0 saturated heterocycles. The summed E-state index contributed by atoms with van der Waals surface area (Å²) in [4.78, 5) is 1.54. The Morgan fingerprint density at radius 3 is 2.92 bits per heavy atom. The molecule has 1 aliphatic carbocycles. The van der Waals surface area contributed by atoms with Crippen molar-refractivity contribution in [2.75, 3.05) is 6.54 Å². The summed E-state index contributed by atoms with van der Waals surface area (Å²) in [5.74, 6) is 1.72. The highest BCUT2D eigenvalue weighted by Gasteiger charge is 2.31. The third-order valence-electron chi connectivity index (χ3n) is 2.58. The van der Waals surface area contributed by atoms with E-state index >= 15 is 0 Å². The Morgan fingerprint density at radius 1 is 1.58 bits per heavy atom. The molecule has 1 saturated carbocycles. The fourth-order valence-corrected chi connectivity index (χ4v) is 2.75. The molecule has 1 fully saturated rings. The lowest BCUT2D eigenvalue weighted by atomic mass is 9.98. The molecule has 1 nitrogen and oxygen atoms in total. The van der Waals surface area contributed by atoms with Crippen LogP contribution in [-0.4, -0.2) is 6.54 Å². The van der Waals surface area contributed by atoms with Crippen LogP contribution in [0.3, 0.4) is 0 Å². The van der Waals surface area contributed by atoms with Gasteiger partial charge in [0.1, 0.15) is 0 Å². The number of nitrogens with two attached hydrogens (primary N) is 1. The van der Waals surface area contributed by atoms with Crippen LogP contribution in [0.25, 0.3) is 0 Å². The molecule has 2 rings (SSSR count). The van der Waals surface area contributed by atoms with Crippen molar-refractivity contribution in [2.45, 2.75) is 25.2 Å². The predicted molar refractivity (Wildman–Crippen MR) is 53.5 cm³/mol. The summed E-state index contributed by atoms with van der Waals surface area (Å²) in [5.41, 5.74) is 5.61. The standard InChI is InChI=1S/C10H15NS/c11-6-5-9(8-3-4-8)10-2-1-7-12-10/h1-2,7-9H,3-6,11H2. The maximum atomic E-state index is 5.61. The van der Waals surface area contributed by atoms with E-state index in [-0.39, 0.29) is 0 Å². The van der Waals surface area contributed by atoms with Crippen molar-refractivity contribution < 1.29 is 0 Å². The molecular formula is C10H15NS. The molecule has 1 aromatic heterocycles. The van der Waals surface area contributed by atoms with Gasteiger partial charge in [-0.25, -0.2) is 0 Å². The molecule has 0 bridgehead atoms. The molecular weight excluding hydrogens is 166 g/mol. The van der Waals surface area contributed by atoms with Gasteiger partial charge in [0.25, 0.3) is 0 Å². The maximum Gasteiger partial charge on any atom is 0.00794 e. The number of rotatable bonds is 4. The molecule has 12 heavy (non-hydrogen) atoms. The lowest BCUT2D eigenvalue weighted by Crippen LogP contribution is -2.07. The summed E-state index contributed by atoms with van der Waals surface area (Å²) in [7, 11) is 0. The summed E-state index contributed by atoms with van der Waals surface area (Å²) < 4.78 is 0. The Labute approximate surface area is 77.6 Å². The van der Waals surface area contributed by atoms with E-state index < -0.39 is 0 Å². The minimum Gasteiger partial charge on any atom is -0.330 e. The highest BCUT2D eigenvalue weighted by Crippen LogP contribution is 2.45. The van der Waals surface area contributed by atoms with Crippen LogP contribution in [0.15, 0.2) is 17.5 Å². The molecule has 1 atom stereocenters. The van der Waals surface area contributed by atoms with E-state index in [4.69, 9.17) is 5.73 Å². The smallest absolute Gasteiger partial charge is 0.00794 e. The van der Waals surface area contributed by atoms with Crippen LogP contribution in [0.1, 0.15) is 30.1 Å². The number of hydrogen-bond acceptors (Lipinski definition) is 2. The first-order chi connectivity index (χ1) is 5.92. The van der Waals surface area contributed by atoms with Gasteiger partial charge >= 0.3 is 0 Å². The van der Waals surface area contributed by atoms with Crippen LogP contribution < -0.4 is 5.73 Å². The van der Waals surface area contributed by atoms with Gasteiger partial charge in [-0.1, -0.05) is 6.07 Å². The van der Waals surface area contributed by atoms with Crippen LogP contribution in [0, 0.1) is 5.92 Å². The van der Waals surface area contributed by atoms with E-state index in [1.54, 1.807) is 4.88 Å². The average Bonchev–Trinajstić information content (AvgIpc) is 2.77. The lowest BCUT2D eigenvalue weighted by Gasteiger charge is -2.12. The van der Waals surface area contributed by atoms with E-state index in [1.807, 2.05) is 11.3 Å². The van der Waals surface area contributed by atoms with Crippen molar-refractivity contribution in [3.8, 4) is 0 Å². The van der Waals surface area contributed by atoms with Crippen LogP contribution in [0.4, 0.5) is 0 Å². The normalized spacial score (nSPS) is 19.4. The summed E-state index contributed by atoms with van der Waals surface area (Å²) in [6.07, 6.45) is 4.01. The Balaban J connectivity index is 2.05. The van der Waals surface area contributed by atoms with Crippen LogP contribution in [0.5, 0.6) is 0 Å². The Hall–Kier alpha value is -0.340. The van der Waals surface area contributed by atoms with Crippen molar-refractivity contribution in [1.29, 1.82) is 0 Å². The van der Waals surface area contributed by atoms with Crippen LogP contribution in [-0.2, 0) is 0 Å². The fraction of sp³-hybridized carbons (Fsp3) is 0.600. The second-order valence-corrected chi connectivity index (χ2v) is 4.52. The van der Waals surface area contributed by atoms with Gasteiger partial charge in [0.15, 0.2) is 0 Å². The van der Waals surface area contributed by atoms with Gasteiger partial charge in [-0.2, -0.15) is 0 Å². The zero-order valence-corrected chi connectivity index (χ0v) is 8.02. The quantitative estimate of drug-likeness (QED) is 0.759. The molecule has 0 aliphatic heterocycles. The molecule has 0 spiro atoms. The van der Waals surface area contributed by atoms with Gasteiger partial charge in [-0.3, -0.25) is 0 Å². The molecule has 1 aromatic rings. The molecule has 0 radical (unpaired) electrons. The molecule has 0 amide bonds. The van der Waals surface area contributed by atoms with Crippen molar-refractivity contribution in [3.63, 3.8) is 0 Å². The van der Waals surface area contributed by atoms with Gasteiger partial charge in [0.05, 0.1) is 0 Å². The van der Waals surface area contributed by atoms with Gasteiger partial charge in [-0.15, -0.1) is 11.3 Å². The van der Waals surface area contributed by atoms with E-state index in [9.17, 15) is 0 Å². The van der Waals surface area contributed by atoms with Crippen molar-refractivity contribution in [2.24, 2.45) is 11.7 Å². The Kier molecular flexibility index (Phi) is 2.47. The molecule has 1 unspecified atom stereocenters.